The number of benzene rings is 1. The van der Waals surface area contributed by atoms with Gasteiger partial charge < -0.3 is 9.88 Å². The van der Waals surface area contributed by atoms with E-state index in [4.69, 9.17) is 0 Å². The van der Waals surface area contributed by atoms with Crippen molar-refractivity contribution in [2.45, 2.75) is 76.0 Å². The smallest absolute Gasteiger partial charge is 0.266 e. The molecule has 0 radical (unpaired) electrons. The number of nitrogens with zero attached hydrogens (tertiary/aromatic N) is 3. The Bertz CT molecular complexity index is 1300. The molecule has 2 bridgehead atoms. The van der Waals surface area contributed by atoms with Crippen LogP contribution in [0.15, 0.2) is 35.5 Å². The third kappa shape index (κ3) is 3.56. The number of hydrogen-bond acceptors (Lipinski definition) is 4. The van der Waals surface area contributed by atoms with Gasteiger partial charge in [0, 0.05) is 22.9 Å². The summed E-state index contributed by atoms with van der Waals surface area (Å²) >= 11 is 0. The molecule has 0 amide bonds. The largest absolute Gasteiger partial charge is 0.363 e. The van der Waals surface area contributed by atoms with Crippen molar-refractivity contribution in [2.24, 2.45) is 0 Å². The van der Waals surface area contributed by atoms with Gasteiger partial charge in [-0.25, -0.2) is 27.5 Å². The Kier molecular flexibility index (Phi) is 5.41. The number of anilines is 1. The van der Waals surface area contributed by atoms with Crippen molar-refractivity contribution in [1.82, 2.24) is 14.5 Å². The number of alkyl halides is 3. The fraction of sp³-hybridized carbons (Fsp3) is 0.480. The molecule has 2 heterocycles. The molecule has 0 spiro atoms. The molecule has 9 heteroatoms. The Labute approximate surface area is 194 Å². The summed E-state index contributed by atoms with van der Waals surface area (Å²) in [5.41, 5.74) is -1.36. The van der Waals surface area contributed by atoms with Crippen LogP contribution in [-0.4, -0.2) is 20.2 Å². The van der Waals surface area contributed by atoms with E-state index in [0.29, 0.717) is 60.8 Å². The fourth-order valence-electron chi connectivity index (χ4n) is 5.59. The SMILES string of the molecule is Cc1c(=O)n(C23CCC(F)(CC2)CC3)cc2c(N[C@H](C)c3cccc(C(F)F)c3F)ncnc12. The van der Waals surface area contributed by atoms with Crippen LogP contribution >= 0.6 is 0 Å². The second-order valence-corrected chi connectivity index (χ2v) is 9.71. The first-order valence-electron chi connectivity index (χ1n) is 11.5. The van der Waals surface area contributed by atoms with Crippen LogP contribution < -0.4 is 10.9 Å². The first-order chi connectivity index (χ1) is 16.1. The van der Waals surface area contributed by atoms with Crippen LogP contribution in [0.25, 0.3) is 10.9 Å². The number of hydrogen-bond donors (Lipinski definition) is 1. The Morgan fingerprint density at radius 3 is 2.35 bits per heavy atom. The number of pyridine rings is 1. The summed E-state index contributed by atoms with van der Waals surface area (Å²) in [4.78, 5) is 21.9. The van der Waals surface area contributed by atoms with E-state index in [1.54, 1.807) is 24.6 Å². The van der Waals surface area contributed by atoms with E-state index in [2.05, 4.69) is 15.3 Å². The summed E-state index contributed by atoms with van der Waals surface area (Å²) in [6, 6.07) is 3.24. The average molecular weight is 475 g/mol. The third-order valence-electron chi connectivity index (χ3n) is 7.78. The zero-order valence-electron chi connectivity index (χ0n) is 19.0. The van der Waals surface area contributed by atoms with Crippen molar-refractivity contribution >= 4 is 16.7 Å². The predicted molar refractivity (Wildman–Crippen MR) is 121 cm³/mol. The maximum atomic E-state index is 14.7. The lowest BCUT2D eigenvalue weighted by molar-refractivity contribution is -0.0283. The van der Waals surface area contributed by atoms with Crippen LogP contribution in [0.4, 0.5) is 23.4 Å². The molecule has 3 aliphatic carbocycles. The summed E-state index contributed by atoms with van der Waals surface area (Å²) < 4.78 is 57.5. The van der Waals surface area contributed by atoms with Gasteiger partial charge in [0.05, 0.1) is 22.5 Å². The van der Waals surface area contributed by atoms with Gasteiger partial charge in [0.15, 0.2) is 0 Å². The van der Waals surface area contributed by atoms with Crippen LogP contribution in [-0.2, 0) is 5.54 Å². The second-order valence-electron chi connectivity index (χ2n) is 9.71. The minimum atomic E-state index is -2.92. The van der Waals surface area contributed by atoms with Gasteiger partial charge in [0.1, 0.15) is 23.6 Å². The number of fused-ring (bicyclic) bond motifs is 4. The maximum absolute atomic E-state index is 14.7. The first kappa shape index (κ1) is 22.8. The molecule has 0 unspecified atom stereocenters. The van der Waals surface area contributed by atoms with E-state index in [9.17, 15) is 22.4 Å². The molecule has 0 saturated heterocycles. The highest BCUT2D eigenvalue weighted by atomic mass is 19.3. The lowest BCUT2D eigenvalue weighted by Gasteiger charge is -2.50. The van der Waals surface area contributed by atoms with Crippen LogP contribution in [0.5, 0.6) is 0 Å². The summed E-state index contributed by atoms with van der Waals surface area (Å²) in [6.45, 7) is 3.36. The number of aryl methyl sites for hydroxylation is 1. The van der Waals surface area contributed by atoms with Gasteiger partial charge in [0.25, 0.3) is 12.0 Å². The molecule has 3 aromatic rings. The monoisotopic (exact) mass is 474 g/mol. The van der Waals surface area contributed by atoms with E-state index >= 15 is 0 Å². The van der Waals surface area contributed by atoms with Crippen LogP contribution in [0.2, 0.25) is 0 Å². The standard InChI is InChI=1S/C25H26F4N4O/c1-14-20-18(12-33(23(14)34)25-9-6-24(29,7-10-25)8-11-25)22(31-13-30-20)32-15(2)16-4-3-5-17(19(16)26)21(27)28/h3-5,12-13,15,21H,6-11H2,1-2H3,(H,30,31,32)/t15-,24?,25?/m1/s1. The number of halogens is 4. The van der Waals surface area contributed by atoms with Crippen molar-refractivity contribution in [3.8, 4) is 0 Å². The number of aromatic nitrogens is 3. The zero-order chi connectivity index (χ0) is 24.3. The van der Waals surface area contributed by atoms with Gasteiger partial charge in [-0.1, -0.05) is 18.2 Å². The third-order valence-corrected chi connectivity index (χ3v) is 7.78. The lowest BCUT2D eigenvalue weighted by Crippen LogP contribution is -2.52. The molecular formula is C25H26F4N4O. The van der Waals surface area contributed by atoms with E-state index in [1.807, 2.05) is 0 Å². The molecule has 1 N–H and O–H groups in total. The van der Waals surface area contributed by atoms with Gasteiger partial charge >= 0.3 is 0 Å². The van der Waals surface area contributed by atoms with Gasteiger partial charge in [-0.05, 0) is 52.4 Å². The van der Waals surface area contributed by atoms with E-state index in [-0.39, 0.29) is 11.1 Å². The summed E-state index contributed by atoms with van der Waals surface area (Å²) in [5, 5.41) is 3.70. The highest BCUT2D eigenvalue weighted by molar-refractivity contribution is 5.90. The molecule has 5 nitrogen and oxygen atoms in total. The van der Waals surface area contributed by atoms with Gasteiger partial charge in [-0.3, -0.25) is 4.79 Å². The molecule has 1 atom stereocenters. The Hall–Kier alpha value is -2.97. The average Bonchev–Trinajstić information content (AvgIpc) is 2.82. The summed E-state index contributed by atoms with van der Waals surface area (Å²) in [5.74, 6) is -0.582. The predicted octanol–water partition coefficient (Wildman–Crippen LogP) is 6.12. The van der Waals surface area contributed by atoms with Crippen LogP contribution in [0.3, 0.4) is 0 Å². The molecule has 3 saturated carbocycles. The summed E-state index contributed by atoms with van der Waals surface area (Å²) in [6.07, 6.45) is 3.19. The molecule has 6 rings (SSSR count). The van der Waals surface area contributed by atoms with Crippen molar-refractivity contribution in [3.05, 3.63) is 63.6 Å². The highest BCUT2D eigenvalue weighted by Gasteiger charge is 2.50. The Morgan fingerprint density at radius 1 is 1.06 bits per heavy atom. The zero-order valence-corrected chi connectivity index (χ0v) is 19.0. The van der Waals surface area contributed by atoms with Crippen molar-refractivity contribution in [3.63, 3.8) is 0 Å². The van der Waals surface area contributed by atoms with Crippen molar-refractivity contribution in [2.75, 3.05) is 5.32 Å². The molecule has 0 aliphatic heterocycles. The highest BCUT2D eigenvalue weighted by Crippen LogP contribution is 2.52. The maximum Gasteiger partial charge on any atom is 0.266 e. The van der Waals surface area contributed by atoms with Crippen molar-refractivity contribution in [1.29, 1.82) is 0 Å². The molecular weight excluding hydrogens is 448 g/mol. The molecule has 34 heavy (non-hydrogen) atoms. The van der Waals surface area contributed by atoms with Crippen LogP contribution in [0.1, 0.15) is 74.6 Å². The lowest BCUT2D eigenvalue weighted by atomic mass is 9.64. The van der Waals surface area contributed by atoms with Gasteiger partial charge in [-0.15, -0.1) is 0 Å². The molecule has 180 valence electrons. The minimum absolute atomic E-state index is 0.0899. The van der Waals surface area contributed by atoms with Gasteiger partial charge in [-0.2, -0.15) is 0 Å². The molecule has 3 aliphatic rings. The molecule has 3 fully saturated rings. The van der Waals surface area contributed by atoms with Crippen molar-refractivity contribution < 1.29 is 17.6 Å². The first-order valence-corrected chi connectivity index (χ1v) is 11.5. The fourth-order valence-corrected chi connectivity index (χ4v) is 5.59. The van der Waals surface area contributed by atoms with Crippen LogP contribution in [0, 0.1) is 12.7 Å². The van der Waals surface area contributed by atoms with E-state index in [0.717, 1.165) is 6.07 Å². The number of nitrogens with one attached hydrogen (secondary N) is 1. The Balaban J connectivity index is 1.57. The van der Waals surface area contributed by atoms with E-state index < -0.39 is 35.1 Å². The van der Waals surface area contributed by atoms with E-state index in [1.165, 1.54) is 18.5 Å². The molecule has 1 aromatic carbocycles. The topological polar surface area (TPSA) is 59.8 Å². The number of rotatable bonds is 5. The summed E-state index contributed by atoms with van der Waals surface area (Å²) in [7, 11) is 0. The molecule has 2 aromatic heterocycles. The van der Waals surface area contributed by atoms with Gasteiger partial charge in [0.2, 0.25) is 0 Å². The quantitative estimate of drug-likeness (QED) is 0.453. The minimum Gasteiger partial charge on any atom is -0.363 e. The normalized spacial score (nSPS) is 25.1. The Morgan fingerprint density at radius 2 is 1.71 bits per heavy atom. The second kappa shape index (κ2) is 8.06.